The van der Waals surface area contributed by atoms with Gasteiger partial charge in [0, 0.05) is 23.4 Å². The van der Waals surface area contributed by atoms with Crippen LogP contribution in [0.5, 0.6) is 5.75 Å². The number of thioether (sulfide) groups is 1. The van der Waals surface area contributed by atoms with E-state index in [1.54, 1.807) is 6.07 Å². The highest BCUT2D eigenvalue weighted by Crippen LogP contribution is 2.32. The number of hydrogen-bond acceptors (Lipinski definition) is 4. The van der Waals surface area contributed by atoms with Crippen molar-refractivity contribution in [2.75, 3.05) is 24.4 Å². The fourth-order valence-corrected chi connectivity index (χ4v) is 3.39. The molecule has 1 saturated carbocycles. The molecule has 5 heteroatoms. The van der Waals surface area contributed by atoms with Crippen molar-refractivity contribution in [2.45, 2.75) is 37.0 Å². The highest BCUT2D eigenvalue weighted by molar-refractivity contribution is 7.99. The number of benzene rings is 1. The molecule has 0 bridgehead atoms. The minimum Gasteiger partial charge on any atom is -0.495 e. The Morgan fingerprint density at radius 1 is 1.42 bits per heavy atom. The zero-order valence-electron chi connectivity index (χ0n) is 11.4. The average molecular weight is 284 g/mol. The summed E-state index contributed by atoms with van der Waals surface area (Å²) in [5.74, 6) is 0.200. The van der Waals surface area contributed by atoms with Crippen LogP contribution >= 0.6 is 11.8 Å². The smallest absolute Gasteiger partial charge is 0.148 e. The maximum atomic E-state index is 13.9. The van der Waals surface area contributed by atoms with Crippen LogP contribution in [0.4, 0.5) is 15.8 Å². The van der Waals surface area contributed by atoms with Gasteiger partial charge < -0.3 is 15.8 Å². The predicted octanol–water partition coefficient (Wildman–Crippen LogP) is 3.50. The van der Waals surface area contributed by atoms with Crippen LogP contribution in [0.15, 0.2) is 12.1 Å². The van der Waals surface area contributed by atoms with Gasteiger partial charge in [0.05, 0.1) is 18.5 Å². The van der Waals surface area contributed by atoms with Crippen LogP contribution in [0, 0.1) is 5.82 Å². The molecule has 1 aliphatic carbocycles. The Balaban J connectivity index is 2.10. The maximum Gasteiger partial charge on any atom is 0.148 e. The van der Waals surface area contributed by atoms with Gasteiger partial charge >= 0.3 is 0 Å². The molecule has 0 saturated heterocycles. The lowest BCUT2D eigenvalue weighted by Gasteiger charge is -2.29. The molecule has 2 atom stereocenters. The Morgan fingerprint density at radius 2 is 2.21 bits per heavy atom. The minimum absolute atomic E-state index is 0.315. The van der Waals surface area contributed by atoms with E-state index >= 15 is 0 Å². The molecule has 2 unspecified atom stereocenters. The summed E-state index contributed by atoms with van der Waals surface area (Å²) in [6.45, 7) is 0. The topological polar surface area (TPSA) is 47.3 Å². The summed E-state index contributed by atoms with van der Waals surface area (Å²) in [4.78, 5) is 0. The molecule has 106 valence electrons. The monoisotopic (exact) mass is 284 g/mol. The quantitative estimate of drug-likeness (QED) is 0.831. The number of anilines is 2. The molecule has 3 N–H and O–H groups in total. The van der Waals surface area contributed by atoms with Gasteiger partial charge in [-0.15, -0.1) is 0 Å². The van der Waals surface area contributed by atoms with Gasteiger partial charge in [0.25, 0.3) is 0 Å². The second kappa shape index (κ2) is 6.37. The molecule has 0 amide bonds. The van der Waals surface area contributed by atoms with E-state index < -0.39 is 0 Å². The second-order valence-corrected chi connectivity index (χ2v) is 6.08. The SMILES string of the molecule is COc1cc(NC2CCCC(SC)C2)c(F)cc1N. The van der Waals surface area contributed by atoms with Crippen molar-refractivity contribution in [3.63, 3.8) is 0 Å². The third-order valence-electron chi connectivity index (χ3n) is 3.64. The Kier molecular flexibility index (Phi) is 4.80. The van der Waals surface area contributed by atoms with Crippen molar-refractivity contribution in [1.82, 2.24) is 0 Å². The number of methoxy groups -OCH3 is 1. The lowest BCUT2D eigenvalue weighted by molar-refractivity contribution is 0.416. The lowest BCUT2D eigenvalue weighted by Crippen LogP contribution is -2.28. The van der Waals surface area contributed by atoms with Crippen LogP contribution in [0.3, 0.4) is 0 Å². The van der Waals surface area contributed by atoms with E-state index in [4.69, 9.17) is 10.5 Å². The predicted molar refractivity (Wildman–Crippen MR) is 80.5 cm³/mol. The molecule has 2 rings (SSSR count). The molecule has 0 spiro atoms. The van der Waals surface area contributed by atoms with Gasteiger partial charge in [-0.25, -0.2) is 4.39 Å². The first-order valence-corrected chi connectivity index (χ1v) is 7.85. The standard InChI is InChI=1S/C14H21FN2OS/c1-18-14-8-13(11(15)7-12(14)16)17-9-4-3-5-10(6-9)19-2/h7-10,17H,3-6,16H2,1-2H3. The summed E-state index contributed by atoms with van der Waals surface area (Å²) in [6.07, 6.45) is 6.75. The largest absolute Gasteiger partial charge is 0.495 e. The summed E-state index contributed by atoms with van der Waals surface area (Å²) < 4.78 is 19.0. The molecule has 0 radical (unpaired) electrons. The molecular formula is C14H21FN2OS. The fourth-order valence-electron chi connectivity index (χ4n) is 2.57. The molecule has 19 heavy (non-hydrogen) atoms. The van der Waals surface area contributed by atoms with Gasteiger partial charge in [0.2, 0.25) is 0 Å². The van der Waals surface area contributed by atoms with Crippen LogP contribution in [-0.4, -0.2) is 24.7 Å². The molecule has 1 aliphatic rings. The van der Waals surface area contributed by atoms with Gasteiger partial charge in [0.1, 0.15) is 11.6 Å². The highest BCUT2D eigenvalue weighted by atomic mass is 32.2. The Bertz CT molecular complexity index is 442. The molecule has 1 aromatic carbocycles. The van der Waals surface area contributed by atoms with Crippen molar-refractivity contribution in [2.24, 2.45) is 0 Å². The van der Waals surface area contributed by atoms with Crippen LogP contribution < -0.4 is 15.8 Å². The zero-order valence-corrected chi connectivity index (χ0v) is 12.2. The number of hydrogen-bond donors (Lipinski definition) is 2. The summed E-state index contributed by atoms with van der Waals surface area (Å²) in [5, 5.41) is 3.96. The summed E-state index contributed by atoms with van der Waals surface area (Å²) in [5.41, 5.74) is 6.50. The van der Waals surface area contributed by atoms with Crippen molar-refractivity contribution in [3.8, 4) is 5.75 Å². The van der Waals surface area contributed by atoms with Gasteiger partial charge in [-0.3, -0.25) is 0 Å². The van der Waals surface area contributed by atoms with Crippen LogP contribution in [0.25, 0.3) is 0 Å². The lowest BCUT2D eigenvalue weighted by atomic mass is 9.94. The Morgan fingerprint density at radius 3 is 2.89 bits per heavy atom. The van der Waals surface area contributed by atoms with E-state index in [2.05, 4.69) is 11.6 Å². The Hall–Kier alpha value is -1.10. The van der Waals surface area contributed by atoms with Crippen LogP contribution in [0.1, 0.15) is 25.7 Å². The van der Waals surface area contributed by atoms with Crippen molar-refractivity contribution in [3.05, 3.63) is 17.9 Å². The third-order valence-corrected chi connectivity index (χ3v) is 4.73. The van der Waals surface area contributed by atoms with E-state index in [0.717, 1.165) is 12.8 Å². The van der Waals surface area contributed by atoms with Gasteiger partial charge in [-0.1, -0.05) is 6.42 Å². The normalized spacial score (nSPS) is 23.1. The number of ether oxygens (including phenoxy) is 1. The van der Waals surface area contributed by atoms with Crippen molar-refractivity contribution >= 4 is 23.1 Å². The minimum atomic E-state index is -0.315. The Labute approximate surface area is 118 Å². The highest BCUT2D eigenvalue weighted by Gasteiger charge is 2.22. The van der Waals surface area contributed by atoms with E-state index in [1.165, 1.54) is 26.0 Å². The molecule has 0 aromatic heterocycles. The first kappa shape index (κ1) is 14.3. The van der Waals surface area contributed by atoms with Crippen LogP contribution in [0.2, 0.25) is 0 Å². The molecular weight excluding hydrogens is 263 g/mol. The van der Waals surface area contributed by atoms with Gasteiger partial charge in [-0.05, 0) is 25.5 Å². The second-order valence-electron chi connectivity index (χ2n) is 4.94. The molecule has 0 heterocycles. The summed E-state index contributed by atoms with van der Waals surface area (Å²) >= 11 is 1.90. The summed E-state index contributed by atoms with van der Waals surface area (Å²) in [7, 11) is 1.54. The average Bonchev–Trinajstić information content (AvgIpc) is 2.42. The third kappa shape index (κ3) is 3.47. The number of nitrogens with two attached hydrogens (primary N) is 1. The fraction of sp³-hybridized carbons (Fsp3) is 0.571. The number of halogens is 1. The van der Waals surface area contributed by atoms with E-state index in [0.29, 0.717) is 28.4 Å². The number of rotatable bonds is 4. The summed E-state index contributed by atoms with van der Waals surface area (Å²) in [6, 6.07) is 3.29. The van der Waals surface area contributed by atoms with E-state index in [-0.39, 0.29) is 5.82 Å². The number of nitrogen functional groups attached to an aromatic ring is 1. The van der Waals surface area contributed by atoms with E-state index in [9.17, 15) is 4.39 Å². The van der Waals surface area contributed by atoms with Gasteiger partial charge in [-0.2, -0.15) is 11.8 Å². The van der Waals surface area contributed by atoms with Gasteiger partial charge in [0.15, 0.2) is 0 Å². The molecule has 1 fully saturated rings. The molecule has 3 nitrogen and oxygen atoms in total. The van der Waals surface area contributed by atoms with Crippen molar-refractivity contribution in [1.29, 1.82) is 0 Å². The molecule has 0 aliphatic heterocycles. The maximum absolute atomic E-state index is 13.9. The zero-order chi connectivity index (χ0) is 13.8. The first-order valence-electron chi connectivity index (χ1n) is 6.56. The van der Waals surface area contributed by atoms with E-state index in [1.807, 2.05) is 11.8 Å². The number of nitrogens with one attached hydrogen (secondary N) is 1. The van der Waals surface area contributed by atoms with Crippen LogP contribution in [-0.2, 0) is 0 Å². The van der Waals surface area contributed by atoms with Crippen molar-refractivity contribution < 1.29 is 9.13 Å². The molecule has 1 aromatic rings. The first-order chi connectivity index (χ1) is 9.13.